The summed E-state index contributed by atoms with van der Waals surface area (Å²) in [6, 6.07) is 4.19. The number of ether oxygens (including phenoxy) is 1. The van der Waals surface area contributed by atoms with Gasteiger partial charge in [0.15, 0.2) is 0 Å². The number of likely N-dealkylation sites (N-methyl/N-ethyl adjacent to an activating group) is 1. The number of carbonyl (C=O) groups is 1. The smallest absolute Gasteiger partial charge is 0.236 e. The fraction of sp³-hybridized carbons (Fsp3) is 0.500. The van der Waals surface area contributed by atoms with Gasteiger partial charge in [-0.2, -0.15) is 0 Å². The van der Waals surface area contributed by atoms with Crippen molar-refractivity contribution in [2.45, 2.75) is 20.8 Å². The van der Waals surface area contributed by atoms with Gasteiger partial charge in [0, 0.05) is 7.05 Å². The van der Waals surface area contributed by atoms with E-state index in [0.717, 1.165) is 16.9 Å². The van der Waals surface area contributed by atoms with Crippen molar-refractivity contribution in [3.05, 3.63) is 28.8 Å². The first-order valence-electron chi connectivity index (χ1n) is 6.10. The molecule has 4 nitrogen and oxygen atoms in total. The molecule has 0 unspecified atom stereocenters. The Hall–Kier alpha value is -1.55. The highest BCUT2D eigenvalue weighted by Gasteiger charge is 2.08. The van der Waals surface area contributed by atoms with Crippen LogP contribution in [-0.2, 0) is 4.79 Å². The third-order valence-corrected chi connectivity index (χ3v) is 2.88. The number of benzene rings is 1. The molecule has 18 heavy (non-hydrogen) atoms. The minimum Gasteiger partial charge on any atom is -0.491 e. The van der Waals surface area contributed by atoms with E-state index in [2.05, 4.69) is 19.1 Å². The van der Waals surface area contributed by atoms with Gasteiger partial charge in [-0.05, 0) is 31.9 Å². The van der Waals surface area contributed by atoms with Crippen molar-refractivity contribution >= 4 is 5.91 Å². The third kappa shape index (κ3) is 3.74. The molecule has 0 radical (unpaired) electrons. The zero-order valence-electron chi connectivity index (χ0n) is 11.6. The number of hydrogen-bond acceptors (Lipinski definition) is 3. The average molecular weight is 250 g/mol. The Labute approximate surface area is 109 Å². The topological polar surface area (TPSA) is 55.6 Å². The van der Waals surface area contributed by atoms with Gasteiger partial charge in [-0.15, -0.1) is 0 Å². The lowest BCUT2D eigenvalue weighted by atomic mass is 10.1. The van der Waals surface area contributed by atoms with Gasteiger partial charge in [-0.1, -0.05) is 17.7 Å². The summed E-state index contributed by atoms with van der Waals surface area (Å²) in [6.07, 6.45) is 0. The Bertz CT molecular complexity index is 407. The molecule has 0 saturated carbocycles. The number of amides is 1. The fourth-order valence-corrected chi connectivity index (χ4v) is 1.96. The zero-order valence-corrected chi connectivity index (χ0v) is 11.6. The minimum atomic E-state index is -0.0732. The summed E-state index contributed by atoms with van der Waals surface area (Å²) in [7, 11) is 1.73. The molecule has 0 spiro atoms. The van der Waals surface area contributed by atoms with Crippen LogP contribution in [0.4, 0.5) is 0 Å². The molecule has 0 fully saturated rings. The van der Waals surface area contributed by atoms with E-state index in [0.29, 0.717) is 13.2 Å². The third-order valence-electron chi connectivity index (χ3n) is 2.88. The SMILES string of the molecule is Cc1cc(C)c(OCCN(C)C(=O)CN)c(C)c1. The molecule has 0 aliphatic carbocycles. The van der Waals surface area contributed by atoms with Gasteiger partial charge in [0.05, 0.1) is 13.1 Å². The molecule has 4 heteroatoms. The molecular weight excluding hydrogens is 228 g/mol. The molecule has 1 rings (SSSR count). The largest absolute Gasteiger partial charge is 0.491 e. The maximum absolute atomic E-state index is 11.3. The number of rotatable bonds is 5. The maximum atomic E-state index is 11.3. The van der Waals surface area contributed by atoms with E-state index in [9.17, 15) is 4.79 Å². The van der Waals surface area contributed by atoms with E-state index >= 15 is 0 Å². The summed E-state index contributed by atoms with van der Waals surface area (Å²) < 4.78 is 5.75. The van der Waals surface area contributed by atoms with Crippen LogP contribution in [0.2, 0.25) is 0 Å². The monoisotopic (exact) mass is 250 g/mol. The van der Waals surface area contributed by atoms with Crippen molar-refractivity contribution in [3.63, 3.8) is 0 Å². The second-order valence-corrected chi connectivity index (χ2v) is 4.60. The lowest BCUT2D eigenvalue weighted by Crippen LogP contribution is -2.35. The highest BCUT2D eigenvalue weighted by molar-refractivity contribution is 5.77. The summed E-state index contributed by atoms with van der Waals surface area (Å²) in [4.78, 5) is 12.9. The van der Waals surface area contributed by atoms with E-state index in [-0.39, 0.29) is 12.5 Å². The number of hydrogen-bond donors (Lipinski definition) is 1. The summed E-state index contributed by atoms with van der Waals surface area (Å²) in [5.74, 6) is 0.838. The van der Waals surface area contributed by atoms with E-state index < -0.39 is 0 Å². The van der Waals surface area contributed by atoms with Crippen molar-refractivity contribution in [2.24, 2.45) is 5.73 Å². The lowest BCUT2D eigenvalue weighted by Gasteiger charge is -2.18. The summed E-state index contributed by atoms with van der Waals surface area (Å²) in [5.41, 5.74) is 8.77. The van der Waals surface area contributed by atoms with Crippen LogP contribution in [0.15, 0.2) is 12.1 Å². The van der Waals surface area contributed by atoms with Crippen LogP contribution in [-0.4, -0.2) is 37.6 Å². The Kier molecular flexibility index (Phi) is 5.16. The molecule has 0 aromatic heterocycles. The standard InChI is InChI=1S/C14H22N2O2/c1-10-7-11(2)14(12(3)8-10)18-6-5-16(4)13(17)9-15/h7-8H,5-6,9,15H2,1-4H3. The predicted octanol–water partition coefficient (Wildman–Crippen LogP) is 1.41. The number of aryl methyl sites for hydroxylation is 3. The van der Waals surface area contributed by atoms with Crippen molar-refractivity contribution in [1.29, 1.82) is 0 Å². The number of nitrogens with two attached hydrogens (primary N) is 1. The fourth-order valence-electron chi connectivity index (χ4n) is 1.96. The molecule has 0 heterocycles. The first kappa shape index (κ1) is 14.5. The molecular formula is C14H22N2O2. The Balaban J connectivity index is 2.57. The Morgan fingerprint density at radius 1 is 1.28 bits per heavy atom. The molecule has 1 aromatic rings. The van der Waals surface area contributed by atoms with Crippen LogP contribution in [0.5, 0.6) is 5.75 Å². The average Bonchev–Trinajstić information content (AvgIpc) is 2.31. The second kappa shape index (κ2) is 6.40. The number of carbonyl (C=O) groups excluding carboxylic acids is 1. The van der Waals surface area contributed by atoms with E-state index in [1.165, 1.54) is 5.56 Å². The van der Waals surface area contributed by atoms with Crippen molar-refractivity contribution in [1.82, 2.24) is 4.90 Å². The first-order chi connectivity index (χ1) is 8.45. The molecule has 0 atom stereocenters. The maximum Gasteiger partial charge on any atom is 0.236 e. The zero-order chi connectivity index (χ0) is 13.7. The molecule has 0 saturated heterocycles. The van der Waals surface area contributed by atoms with Gasteiger partial charge in [0.25, 0.3) is 0 Å². The van der Waals surface area contributed by atoms with Crippen LogP contribution in [0.3, 0.4) is 0 Å². The van der Waals surface area contributed by atoms with Crippen molar-refractivity contribution < 1.29 is 9.53 Å². The highest BCUT2D eigenvalue weighted by Crippen LogP contribution is 2.24. The molecule has 0 bridgehead atoms. The molecule has 0 aliphatic heterocycles. The van der Waals surface area contributed by atoms with Crippen molar-refractivity contribution in [2.75, 3.05) is 26.7 Å². The second-order valence-electron chi connectivity index (χ2n) is 4.60. The molecule has 2 N–H and O–H groups in total. The van der Waals surface area contributed by atoms with Gasteiger partial charge in [0.1, 0.15) is 12.4 Å². The van der Waals surface area contributed by atoms with Crippen molar-refractivity contribution in [3.8, 4) is 5.75 Å². The quantitative estimate of drug-likeness (QED) is 0.859. The number of nitrogens with zero attached hydrogens (tertiary/aromatic N) is 1. The van der Waals surface area contributed by atoms with Crippen LogP contribution in [0.25, 0.3) is 0 Å². The molecule has 1 amide bonds. The van der Waals surface area contributed by atoms with Crippen LogP contribution in [0.1, 0.15) is 16.7 Å². The molecule has 100 valence electrons. The summed E-state index contributed by atoms with van der Waals surface area (Å²) in [6.45, 7) is 7.19. The van der Waals surface area contributed by atoms with Gasteiger partial charge in [-0.3, -0.25) is 4.79 Å². The van der Waals surface area contributed by atoms with Crippen LogP contribution >= 0.6 is 0 Å². The van der Waals surface area contributed by atoms with E-state index in [1.807, 2.05) is 13.8 Å². The van der Waals surface area contributed by atoms with Gasteiger partial charge in [0.2, 0.25) is 5.91 Å². The highest BCUT2D eigenvalue weighted by atomic mass is 16.5. The van der Waals surface area contributed by atoms with Crippen LogP contribution < -0.4 is 10.5 Å². The molecule has 0 aliphatic rings. The van der Waals surface area contributed by atoms with Crippen LogP contribution in [0, 0.1) is 20.8 Å². The lowest BCUT2D eigenvalue weighted by molar-refractivity contribution is -0.128. The first-order valence-corrected chi connectivity index (χ1v) is 6.10. The predicted molar refractivity (Wildman–Crippen MR) is 72.8 cm³/mol. The van der Waals surface area contributed by atoms with Gasteiger partial charge >= 0.3 is 0 Å². The van der Waals surface area contributed by atoms with E-state index in [1.54, 1.807) is 11.9 Å². The van der Waals surface area contributed by atoms with Gasteiger partial charge in [-0.25, -0.2) is 0 Å². The summed E-state index contributed by atoms with van der Waals surface area (Å²) >= 11 is 0. The van der Waals surface area contributed by atoms with Gasteiger partial charge < -0.3 is 15.4 Å². The molecule has 1 aromatic carbocycles. The normalized spacial score (nSPS) is 10.3. The summed E-state index contributed by atoms with van der Waals surface area (Å²) in [5, 5.41) is 0. The van der Waals surface area contributed by atoms with E-state index in [4.69, 9.17) is 10.5 Å². The minimum absolute atomic E-state index is 0.0408. The Morgan fingerprint density at radius 2 is 1.83 bits per heavy atom. The Morgan fingerprint density at radius 3 is 2.33 bits per heavy atom.